The predicted molar refractivity (Wildman–Crippen MR) is 200 cm³/mol. The first-order valence-electron chi connectivity index (χ1n) is 23.4. The van der Waals surface area contributed by atoms with Crippen LogP contribution < -0.4 is 0 Å². The van der Waals surface area contributed by atoms with E-state index in [4.69, 9.17) is 0 Å². The van der Waals surface area contributed by atoms with Crippen LogP contribution in [0.4, 0.5) is 0 Å². The topological polar surface area (TPSA) is 6.48 Å². The van der Waals surface area contributed by atoms with E-state index >= 15 is 0 Å². The fourth-order valence-corrected chi connectivity index (χ4v) is 17.6. The molecule has 10 aliphatic rings. The monoisotopic (exact) mass is 657 g/mol. The fourth-order valence-electron chi connectivity index (χ4n) is 17.6. The second-order valence-corrected chi connectivity index (χ2v) is 20.6. The van der Waals surface area contributed by atoms with Crippen LogP contribution in [0.15, 0.2) is 0 Å². The Morgan fingerprint density at radius 2 is 0.479 bits per heavy atom. The molecule has 0 saturated heterocycles. The SMILES string of the molecule is C1CCC(N(C2CCCCC2)C2CCC3C(C2)C2CCC4C5CCC(N(C6CCCCC6)C6CCCCC6)CC5C5CCC3C2C45)CC1. The highest BCUT2D eigenvalue weighted by molar-refractivity contribution is 5.15. The molecular weight excluding hydrogens is 581 g/mol. The van der Waals surface area contributed by atoms with Crippen molar-refractivity contribution in [3.8, 4) is 0 Å². The summed E-state index contributed by atoms with van der Waals surface area (Å²) in [7, 11) is 0. The minimum atomic E-state index is 0.944. The zero-order valence-corrected chi connectivity index (χ0v) is 31.3. The zero-order chi connectivity index (χ0) is 31.6. The lowest BCUT2D eigenvalue weighted by Gasteiger charge is -2.50. The summed E-state index contributed by atoms with van der Waals surface area (Å²) in [4.78, 5) is 6.61. The standard InChI is InChI=1S/C46H76N2/c1-5-13-31(14-6-1)47(32-15-7-2-8-16-32)35-21-23-37-39-26-28-42-44-30-36(48(33-17-9-3-10-18-33)34-19-11-4-12-20-34)22-24-38(44)40-25-27-41(43(37)29-35)45(39)46(40)42/h31-46H,1-30H2. The molecule has 0 bridgehead atoms. The van der Waals surface area contributed by atoms with Crippen LogP contribution in [0.1, 0.15) is 193 Å². The molecule has 0 heterocycles. The van der Waals surface area contributed by atoms with E-state index in [1.165, 1.54) is 128 Å². The maximum Gasteiger partial charge on any atom is 0.0104 e. The Morgan fingerprint density at radius 3 is 0.792 bits per heavy atom. The number of hydrogen-bond donors (Lipinski definition) is 0. The van der Waals surface area contributed by atoms with Gasteiger partial charge in [0.15, 0.2) is 0 Å². The summed E-state index contributed by atoms with van der Waals surface area (Å²) in [6.07, 6.45) is 46.7. The summed E-state index contributed by atoms with van der Waals surface area (Å²) in [5.41, 5.74) is 0. The predicted octanol–water partition coefficient (Wildman–Crippen LogP) is 11.8. The largest absolute Gasteiger partial charge is 0.294 e. The van der Waals surface area contributed by atoms with Crippen molar-refractivity contribution >= 4 is 0 Å². The average molecular weight is 657 g/mol. The van der Waals surface area contributed by atoms with Gasteiger partial charge in [-0.05, 0) is 175 Å². The molecule has 12 atom stereocenters. The lowest BCUT2D eigenvalue weighted by molar-refractivity contribution is -0.00839. The van der Waals surface area contributed by atoms with Crippen LogP contribution in [0.3, 0.4) is 0 Å². The van der Waals surface area contributed by atoms with Gasteiger partial charge in [-0.15, -0.1) is 0 Å². The molecule has 0 N–H and O–H groups in total. The van der Waals surface area contributed by atoms with Crippen LogP contribution in [0.25, 0.3) is 0 Å². The molecular formula is C46H76N2. The molecule has 0 radical (unpaired) electrons. The summed E-state index contributed by atoms with van der Waals surface area (Å²) >= 11 is 0. The Hall–Kier alpha value is -0.0800. The van der Waals surface area contributed by atoms with Gasteiger partial charge in [-0.25, -0.2) is 0 Å². The van der Waals surface area contributed by atoms with E-state index in [0.717, 1.165) is 95.4 Å². The van der Waals surface area contributed by atoms with Crippen molar-refractivity contribution < 1.29 is 0 Å². The molecule has 0 aromatic heterocycles. The second kappa shape index (κ2) is 14.0. The highest BCUT2D eigenvalue weighted by Gasteiger charge is 2.65. The summed E-state index contributed by atoms with van der Waals surface area (Å²) in [6, 6.07) is 5.67. The summed E-state index contributed by atoms with van der Waals surface area (Å²) in [6.45, 7) is 0. The van der Waals surface area contributed by atoms with Crippen LogP contribution >= 0.6 is 0 Å². The summed E-state index contributed by atoms with van der Waals surface area (Å²) in [5, 5.41) is 0. The molecule has 2 nitrogen and oxygen atoms in total. The third-order valence-corrected chi connectivity index (χ3v) is 19.0. The quantitative estimate of drug-likeness (QED) is 0.281. The van der Waals surface area contributed by atoms with E-state index in [2.05, 4.69) is 9.80 Å². The fraction of sp³-hybridized carbons (Fsp3) is 1.00. The number of hydrogen-bond acceptors (Lipinski definition) is 2. The molecule has 0 aromatic carbocycles. The molecule has 10 rings (SSSR count). The number of nitrogens with zero attached hydrogens (tertiary/aromatic N) is 2. The van der Waals surface area contributed by atoms with Crippen LogP contribution in [0, 0.1) is 59.2 Å². The molecule has 10 fully saturated rings. The van der Waals surface area contributed by atoms with Gasteiger partial charge in [-0.2, -0.15) is 0 Å². The van der Waals surface area contributed by atoms with Gasteiger partial charge in [0, 0.05) is 36.3 Å². The third kappa shape index (κ3) is 5.66. The molecule has 48 heavy (non-hydrogen) atoms. The van der Waals surface area contributed by atoms with Crippen molar-refractivity contribution in [1.29, 1.82) is 0 Å². The van der Waals surface area contributed by atoms with E-state index in [1.54, 1.807) is 64.2 Å². The molecule has 0 aromatic rings. The third-order valence-electron chi connectivity index (χ3n) is 19.0. The van der Waals surface area contributed by atoms with E-state index in [-0.39, 0.29) is 0 Å². The highest BCUT2D eigenvalue weighted by atomic mass is 15.2. The van der Waals surface area contributed by atoms with Crippen molar-refractivity contribution in [2.24, 2.45) is 59.2 Å². The van der Waals surface area contributed by atoms with Crippen LogP contribution in [-0.4, -0.2) is 46.1 Å². The molecule has 0 spiro atoms. The minimum Gasteiger partial charge on any atom is -0.294 e. The molecule has 2 heteroatoms. The first-order valence-corrected chi connectivity index (χ1v) is 23.4. The molecule has 10 aliphatic carbocycles. The Labute approximate surface area is 297 Å². The molecule has 10 saturated carbocycles. The second-order valence-electron chi connectivity index (χ2n) is 20.6. The maximum absolute atomic E-state index is 3.31. The smallest absolute Gasteiger partial charge is 0.0104 e. The van der Waals surface area contributed by atoms with Gasteiger partial charge in [-0.1, -0.05) is 77.0 Å². The van der Waals surface area contributed by atoms with E-state index in [9.17, 15) is 0 Å². The van der Waals surface area contributed by atoms with E-state index in [0.29, 0.717) is 0 Å². The molecule has 12 unspecified atom stereocenters. The van der Waals surface area contributed by atoms with Crippen LogP contribution in [-0.2, 0) is 0 Å². The average Bonchev–Trinajstić information content (AvgIpc) is 3.65. The normalized spacial score (nSPS) is 47.6. The Balaban J connectivity index is 0.874. The van der Waals surface area contributed by atoms with Crippen molar-refractivity contribution in [2.75, 3.05) is 0 Å². The van der Waals surface area contributed by atoms with Gasteiger partial charge < -0.3 is 0 Å². The van der Waals surface area contributed by atoms with Gasteiger partial charge in [-0.3, -0.25) is 9.80 Å². The Kier molecular flexibility index (Phi) is 9.53. The summed E-state index contributed by atoms with van der Waals surface area (Å²) < 4.78 is 0. The van der Waals surface area contributed by atoms with Crippen molar-refractivity contribution in [3.05, 3.63) is 0 Å². The molecule has 0 amide bonds. The van der Waals surface area contributed by atoms with Gasteiger partial charge in [0.05, 0.1) is 0 Å². The lowest BCUT2D eigenvalue weighted by Crippen LogP contribution is -2.53. The Morgan fingerprint density at radius 1 is 0.208 bits per heavy atom. The number of rotatable bonds is 6. The molecule has 0 aliphatic heterocycles. The summed E-state index contributed by atoms with van der Waals surface area (Å²) in [5.74, 6) is 11.3. The van der Waals surface area contributed by atoms with Crippen molar-refractivity contribution in [3.63, 3.8) is 0 Å². The van der Waals surface area contributed by atoms with E-state index in [1.807, 2.05) is 0 Å². The molecule has 270 valence electrons. The first-order chi connectivity index (χ1) is 23.8. The van der Waals surface area contributed by atoms with Crippen molar-refractivity contribution in [1.82, 2.24) is 9.80 Å². The van der Waals surface area contributed by atoms with Gasteiger partial charge in [0.1, 0.15) is 0 Å². The van der Waals surface area contributed by atoms with Gasteiger partial charge in [0.25, 0.3) is 0 Å². The maximum atomic E-state index is 3.31. The highest BCUT2D eigenvalue weighted by Crippen LogP contribution is 2.71. The van der Waals surface area contributed by atoms with Gasteiger partial charge >= 0.3 is 0 Å². The Bertz CT molecular complexity index is 942. The minimum absolute atomic E-state index is 0.944. The zero-order valence-electron chi connectivity index (χ0n) is 31.3. The lowest BCUT2D eigenvalue weighted by atomic mass is 9.58. The number of fused-ring (bicyclic) bond motifs is 6. The van der Waals surface area contributed by atoms with E-state index < -0.39 is 0 Å². The van der Waals surface area contributed by atoms with Crippen LogP contribution in [0.2, 0.25) is 0 Å². The van der Waals surface area contributed by atoms with Crippen molar-refractivity contribution in [2.45, 2.75) is 229 Å². The first kappa shape index (κ1) is 32.6. The van der Waals surface area contributed by atoms with Gasteiger partial charge in [0.2, 0.25) is 0 Å². The van der Waals surface area contributed by atoms with Crippen LogP contribution in [0.5, 0.6) is 0 Å².